The van der Waals surface area contributed by atoms with Crippen LogP contribution in [0.5, 0.6) is 0 Å². The van der Waals surface area contributed by atoms with E-state index in [4.69, 9.17) is 11.6 Å². The van der Waals surface area contributed by atoms with Crippen LogP contribution in [-0.4, -0.2) is 17.0 Å². The Balaban J connectivity index is 2.64. The lowest BCUT2D eigenvalue weighted by atomic mass is 10.2. The summed E-state index contributed by atoms with van der Waals surface area (Å²) in [5, 5.41) is 3.71. The Kier molecular flexibility index (Phi) is 4.45. The summed E-state index contributed by atoms with van der Waals surface area (Å²) in [6.07, 6.45) is 0. The number of nitrogens with zero attached hydrogens (tertiary/aromatic N) is 2. The lowest BCUT2D eigenvalue weighted by Gasteiger charge is -2.10. The Labute approximate surface area is 133 Å². The van der Waals surface area contributed by atoms with Gasteiger partial charge in [-0.2, -0.15) is 0 Å². The van der Waals surface area contributed by atoms with Gasteiger partial charge in [-0.15, -0.1) is 0 Å². The van der Waals surface area contributed by atoms with Crippen LogP contribution in [0.2, 0.25) is 5.02 Å². The molecule has 18 heavy (non-hydrogen) atoms. The number of rotatable bonds is 2. The van der Waals surface area contributed by atoms with E-state index >= 15 is 0 Å². The number of hydrogen-bond donors (Lipinski definition) is 1. The van der Waals surface area contributed by atoms with E-state index in [2.05, 4.69) is 53.8 Å². The van der Waals surface area contributed by atoms with Gasteiger partial charge in [-0.25, -0.2) is 9.97 Å². The average molecular weight is 438 g/mol. The van der Waals surface area contributed by atoms with E-state index < -0.39 is 0 Å². The standard InChI is InChI=1S/C12H10BrClIN3/c1-6-10(15)12(16-2)18-11(17-6)8-5-7(13)3-4-9(8)14/h3-5H,1-2H3,(H,16,17,18). The van der Waals surface area contributed by atoms with E-state index in [9.17, 15) is 0 Å². The van der Waals surface area contributed by atoms with E-state index in [0.717, 1.165) is 25.1 Å². The third-order valence-electron chi connectivity index (χ3n) is 2.42. The second-order valence-corrected chi connectivity index (χ2v) is 6.07. The Bertz CT molecular complexity index is 604. The highest BCUT2D eigenvalue weighted by molar-refractivity contribution is 14.1. The predicted octanol–water partition coefficient (Wildman–Crippen LogP) is 4.51. The van der Waals surface area contributed by atoms with Crippen molar-refractivity contribution in [2.75, 3.05) is 12.4 Å². The minimum Gasteiger partial charge on any atom is -0.372 e. The number of aromatic nitrogens is 2. The van der Waals surface area contributed by atoms with Gasteiger partial charge in [0.1, 0.15) is 5.82 Å². The van der Waals surface area contributed by atoms with Crippen molar-refractivity contribution in [2.24, 2.45) is 0 Å². The summed E-state index contributed by atoms with van der Waals surface area (Å²) < 4.78 is 1.97. The predicted molar refractivity (Wildman–Crippen MR) is 87.2 cm³/mol. The van der Waals surface area contributed by atoms with Crippen molar-refractivity contribution in [2.45, 2.75) is 6.92 Å². The fraction of sp³-hybridized carbons (Fsp3) is 0.167. The molecule has 94 valence electrons. The van der Waals surface area contributed by atoms with E-state index in [0.29, 0.717) is 10.8 Å². The molecular formula is C12H10BrClIN3. The molecule has 1 aromatic carbocycles. The van der Waals surface area contributed by atoms with Crippen molar-refractivity contribution in [3.8, 4) is 11.4 Å². The summed E-state index contributed by atoms with van der Waals surface area (Å²) in [7, 11) is 1.84. The Morgan fingerprint density at radius 3 is 2.72 bits per heavy atom. The van der Waals surface area contributed by atoms with Gasteiger partial charge >= 0.3 is 0 Å². The number of aryl methyl sites for hydroxylation is 1. The van der Waals surface area contributed by atoms with E-state index in [1.54, 1.807) is 0 Å². The topological polar surface area (TPSA) is 37.8 Å². The molecule has 0 aliphatic heterocycles. The zero-order valence-electron chi connectivity index (χ0n) is 9.76. The first-order valence-corrected chi connectivity index (χ1v) is 7.45. The highest BCUT2D eigenvalue weighted by atomic mass is 127. The second kappa shape index (κ2) is 5.71. The van der Waals surface area contributed by atoms with Crippen molar-refractivity contribution in [3.63, 3.8) is 0 Å². The summed E-state index contributed by atoms with van der Waals surface area (Å²) >= 11 is 11.9. The quantitative estimate of drug-likeness (QED) is 0.701. The Morgan fingerprint density at radius 1 is 1.33 bits per heavy atom. The van der Waals surface area contributed by atoms with Crippen molar-refractivity contribution in [3.05, 3.63) is 37.0 Å². The molecule has 0 aliphatic rings. The molecule has 0 saturated heterocycles. The number of halogens is 3. The summed E-state index contributed by atoms with van der Waals surface area (Å²) in [5.74, 6) is 1.44. The molecule has 2 rings (SSSR count). The molecule has 0 radical (unpaired) electrons. The van der Waals surface area contributed by atoms with Gasteiger partial charge in [-0.3, -0.25) is 0 Å². The van der Waals surface area contributed by atoms with E-state index in [1.807, 2.05) is 32.2 Å². The van der Waals surface area contributed by atoms with Gasteiger partial charge in [0, 0.05) is 17.1 Å². The molecule has 0 amide bonds. The molecule has 0 fully saturated rings. The lowest BCUT2D eigenvalue weighted by molar-refractivity contribution is 1.09. The number of hydrogen-bond acceptors (Lipinski definition) is 3. The van der Waals surface area contributed by atoms with Crippen LogP contribution in [0.15, 0.2) is 22.7 Å². The van der Waals surface area contributed by atoms with Gasteiger partial charge in [0.05, 0.1) is 14.3 Å². The van der Waals surface area contributed by atoms with Gasteiger partial charge in [0.2, 0.25) is 0 Å². The molecule has 0 saturated carbocycles. The van der Waals surface area contributed by atoms with Crippen LogP contribution in [0.4, 0.5) is 5.82 Å². The average Bonchev–Trinajstić information content (AvgIpc) is 2.35. The molecule has 3 nitrogen and oxygen atoms in total. The monoisotopic (exact) mass is 437 g/mol. The summed E-state index contributed by atoms with van der Waals surface area (Å²) in [5.41, 5.74) is 1.75. The molecule has 0 bridgehead atoms. The molecule has 0 atom stereocenters. The van der Waals surface area contributed by atoms with Crippen LogP contribution in [-0.2, 0) is 0 Å². The summed E-state index contributed by atoms with van der Waals surface area (Å²) in [6.45, 7) is 1.96. The minimum atomic E-state index is 0.628. The SMILES string of the molecule is CNc1nc(-c2cc(Br)ccc2Cl)nc(C)c1I. The van der Waals surface area contributed by atoms with Gasteiger partial charge in [-0.1, -0.05) is 27.5 Å². The number of benzene rings is 1. The van der Waals surface area contributed by atoms with Crippen molar-refractivity contribution < 1.29 is 0 Å². The number of nitrogens with one attached hydrogen (secondary N) is 1. The van der Waals surface area contributed by atoms with Crippen molar-refractivity contribution in [1.82, 2.24) is 9.97 Å². The van der Waals surface area contributed by atoms with Crippen LogP contribution in [0.25, 0.3) is 11.4 Å². The van der Waals surface area contributed by atoms with Crippen molar-refractivity contribution in [1.29, 1.82) is 0 Å². The molecule has 0 aliphatic carbocycles. The Morgan fingerprint density at radius 2 is 2.06 bits per heavy atom. The molecule has 1 N–H and O–H groups in total. The second-order valence-electron chi connectivity index (χ2n) is 3.67. The normalized spacial score (nSPS) is 10.5. The molecule has 0 spiro atoms. The molecule has 2 aromatic rings. The van der Waals surface area contributed by atoms with Gasteiger partial charge in [0.15, 0.2) is 5.82 Å². The van der Waals surface area contributed by atoms with Crippen molar-refractivity contribution >= 4 is 55.9 Å². The fourth-order valence-corrected chi connectivity index (χ4v) is 2.59. The smallest absolute Gasteiger partial charge is 0.163 e. The zero-order valence-corrected chi connectivity index (χ0v) is 14.3. The van der Waals surface area contributed by atoms with E-state index in [1.165, 1.54) is 0 Å². The van der Waals surface area contributed by atoms with Crippen LogP contribution in [0.3, 0.4) is 0 Å². The highest BCUT2D eigenvalue weighted by Gasteiger charge is 2.12. The molecule has 0 unspecified atom stereocenters. The van der Waals surface area contributed by atoms with Crippen LogP contribution >= 0.6 is 50.1 Å². The minimum absolute atomic E-state index is 0.628. The first-order valence-electron chi connectivity index (χ1n) is 5.20. The Hall–Kier alpha value is -0.400. The first-order chi connectivity index (χ1) is 8.52. The first kappa shape index (κ1) is 14.0. The van der Waals surface area contributed by atoms with Gasteiger partial charge in [0.25, 0.3) is 0 Å². The third kappa shape index (κ3) is 2.78. The molecular weight excluding hydrogens is 428 g/mol. The molecule has 1 heterocycles. The summed E-state index contributed by atoms with van der Waals surface area (Å²) in [4.78, 5) is 8.98. The lowest BCUT2D eigenvalue weighted by Crippen LogP contribution is -2.03. The van der Waals surface area contributed by atoms with E-state index in [-0.39, 0.29) is 0 Å². The van der Waals surface area contributed by atoms with Crippen LogP contribution in [0, 0.1) is 10.5 Å². The third-order valence-corrected chi connectivity index (χ3v) is 4.54. The summed E-state index contributed by atoms with van der Waals surface area (Å²) in [6, 6.07) is 5.64. The molecule has 6 heteroatoms. The highest BCUT2D eigenvalue weighted by Crippen LogP contribution is 2.30. The maximum atomic E-state index is 6.20. The van der Waals surface area contributed by atoms with Crippen LogP contribution < -0.4 is 5.32 Å². The van der Waals surface area contributed by atoms with Gasteiger partial charge in [-0.05, 0) is 47.7 Å². The maximum absolute atomic E-state index is 6.20. The van der Waals surface area contributed by atoms with Crippen LogP contribution in [0.1, 0.15) is 5.69 Å². The number of anilines is 1. The fourth-order valence-electron chi connectivity index (χ4n) is 1.51. The zero-order chi connectivity index (χ0) is 13.3. The maximum Gasteiger partial charge on any atom is 0.163 e. The largest absolute Gasteiger partial charge is 0.372 e. The van der Waals surface area contributed by atoms with Gasteiger partial charge < -0.3 is 5.32 Å². The molecule has 1 aromatic heterocycles.